The van der Waals surface area contributed by atoms with Gasteiger partial charge < -0.3 is 4.74 Å². The fourth-order valence-electron chi connectivity index (χ4n) is 1.98. The fourth-order valence-corrected chi connectivity index (χ4v) is 2.67. The van der Waals surface area contributed by atoms with Crippen molar-refractivity contribution in [2.75, 3.05) is 0 Å². The zero-order valence-electron chi connectivity index (χ0n) is 11.2. The van der Waals surface area contributed by atoms with Crippen LogP contribution in [0.2, 0.25) is 0 Å². The number of alkyl halides is 2. The molecule has 2 aromatic rings. The first-order valence-electron chi connectivity index (χ1n) is 6.32. The van der Waals surface area contributed by atoms with Crippen LogP contribution in [0.5, 0.6) is 0 Å². The van der Waals surface area contributed by atoms with Crippen LogP contribution in [0.25, 0.3) is 5.69 Å². The van der Waals surface area contributed by atoms with Gasteiger partial charge in [-0.05, 0) is 29.5 Å². The zero-order valence-corrected chi connectivity index (χ0v) is 12.7. The quantitative estimate of drug-likeness (QED) is 0.636. The first kappa shape index (κ1) is 14.3. The minimum Gasteiger partial charge on any atom is -0.457 e. The van der Waals surface area contributed by atoms with Crippen LogP contribution in [0.3, 0.4) is 0 Å². The van der Waals surface area contributed by atoms with E-state index >= 15 is 0 Å². The van der Waals surface area contributed by atoms with E-state index < -0.39 is 15.7 Å². The van der Waals surface area contributed by atoms with E-state index in [0.717, 1.165) is 5.69 Å². The molecule has 0 bridgehead atoms. The molecule has 1 aliphatic carbocycles. The summed E-state index contributed by atoms with van der Waals surface area (Å²) in [6.45, 7) is 1.63. The Hall–Kier alpha value is -1.66. The van der Waals surface area contributed by atoms with E-state index in [1.54, 1.807) is 6.92 Å². The van der Waals surface area contributed by atoms with E-state index in [4.69, 9.17) is 27.9 Å². The average Bonchev–Trinajstić information content (AvgIpc) is 2.83. The van der Waals surface area contributed by atoms with E-state index in [9.17, 15) is 4.79 Å². The summed E-state index contributed by atoms with van der Waals surface area (Å²) >= 11 is 11.9. The molecule has 1 aliphatic rings. The lowest BCUT2D eigenvalue weighted by atomic mass is 10.1. The van der Waals surface area contributed by atoms with Crippen LogP contribution < -0.4 is 0 Å². The van der Waals surface area contributed by atoms with Gasteiger partial charge in [0, 0.05) is 6.42 Å². The molecule has 0 radical (unpaired) electrons. The summed E-state index contributed by atoms with van der Waals surface area (Å²) in [5.74, 6) is -0.0244. The van der Waals surface area contributed by atoms with E-state index in [0.29, 0.717) is 12.2 Å². The normalized spacial score (nSPS) is 22.8. The molecule has 3 rings (SSSR count). The molecular weight excluding hydrogens is 315 g/mol. The Labute approximate surface area is 131 Å². The van der Waals surface area contributed by atoms with Crippen molar-refractivity contribution in [1.29, 1.82) is 0 Å². The summed E-state index contributed by atoms with van der Waals surface area (Å²) in [7, 11) is 0. The minimum atomic E-state index is -1.05. The Morgan fingerprint density at radius 3 is 2.67 bits per heavy atom. The third kappa shape index (κ3) is 2.49. The molecule has 0 N–H and O–H groups in total. The van der Waals surface area contributed by atoms with Crippen molar-refractivity contribution in [1.82, 2.24) is 20.2 Å². The molecule has 8 heteroatoms. The van der Waals surface area contributed by atoms with Gasteiger partial charge in [-0.1, -0.05) is 18.2 Å². The maximum atomic E-state index is 12.0. The summed E-state index contributed by atoms with van der Waals surface area (Å²) in [6, 6.07) is 9.33. The van der Waals surface area contributed by atoms with Gasteiger partial charge in [0.2, 0.25) is 0 Å². The Bertz CT molecular complexity index is 674. The number of rotatable bonds is 4. The van der Waals surface area contributed by atoms with Gasteiger partial charge in [-0.3, -0.25) is 4.79 Å². The summed E-state index contributed by atoms with van der Waals surface area (Å²) < 4.78 is 5.70. The molecule has 1 heterocycles. The number of halogens is 2. The van der Waals surface area contributed by atoms with Crippen molar-refractivity contribution in [2.24, 2.45) is 5.41 Å². The largest absolute Gasteiger partial charge is 0.457 e. The number of benzene rings is 1. The number of esters is 1. The Morgan fingerprint density at radius 2 is 2.05 bits per heavy atom. The molecule has 110 valence electrons. The molecule has 0 saturated heterocycles. The van der Waals surface area contributed by atoms with Crippen molar-refractivity contribution in [2.45, 2.75) is 24.3 Å². The van der Waals surface area contributed by atoms with Gasteiger partial charge in [0.15, 0.2) is 12.4 Å². The molecule has 1 aromatic carbocycles. The number of hydrogen-bond donors (Lipinski definition) is 0. The van der Waals surface area contributed by atoms with Gasteiger partial charge in [-0.15, -0.1) is 28.3 Å². The van der Waals surface area contributed by atoms with Crippen molar-refractivity contribution in [3.8, 4) is 5.69 Å². The van der Waals surface area contributed by atoms with Crippen molar-refractivity contribution < 1.29 is 9.53 Å². The summed E-state index contributed by atoms with van der Waals surface area (Å²) in [5.41, 5.74) is -0.0727. The third-order valence-corrected chi connectivity index (χ3v) is 4.68. The molecule has 6 nitrogen and oxygen atoms in total. The molecule has 0 unspecified atom stereocenters. The minimum absolute atomic E-state index is 0.0415. The molecule has 1 aromatic heterocycles. The molecule has 0 spiro atoms. The number of carbonyl (C=O) groups excluding carboxylic acids is 1. The summed E-state index contributed by atoms with van der Waals surface area (Å²) in [4.78, 5) is 12.0. The molecule has 1 saturated carbocycles. The monoisotopic (exact) mass is 326 g/mol. The summed E-state index contributed by atoms with van der Waals surface area (Å²) in [5, 5.41) is 11.3. The highest BCUT2D eigenvalue weighted by Gasteiger charge is 2.69. The van der Waals surface area contributed by atoms with Gasteiger partial charge >= 0.3 is 5.97 Å². The SMILES string of the molecule is C[C@@]1(C(=O)OCc2nnnn2-c2ccccc2)CC1(Cl)Cl. The topological polar surface area (TPSA) is 69.9 Å². The molecule has 0 aliphatic heterocycles. The van der Waals surface area contributed by atoms with E-state index in [1.165, 1.54) is 4.68 Å². The number of hydrogen-bond acceptors (Lipinski definition) is 5. The third-order valence-electron chi connectivity index (χ3n) is 3.58. The van der Waals surface area contributed by atoms with Crippen LogP contribution in [0.4, 0.5) is 0 Å². The lowest BCUT2D eigenvalue weighted by Crippen LogP contribution is -2.22. The van der Waals surface area contributed by atoms with Crippen LogP contribution in [-0.4, -0.2) is 30.5 Å². The Kier molecular flexibility index (Phi) is 3.37. The highest BCUT2D eigenvalue weighted by atomic mass is 35.5. The number of para-hydroxylation sites is 1. The van der Waals surface area contributed by atoms with Crippen molar-refractivity contribution >= 4 is 29.2 Å². The van der Waals surface area contributed by atoms with Gasteiger partial charge in [-0.25, -0.2) is 0 Å². The van der Waals surface area contributed by atoms with Crippen molar-refractivity contribution in [3.05, 3.63) is 36.2 Å². The second kappa shape index (κ2) is 4.96. The maximum Gasteiger partial charge on any atom is 0.315 e. The fraction of sp³-hybridized carbons (Fsp3) is 0.385. The predicted molar refractivity (Wildman–Crippen MR) is 76.1 cm³/mol. The second-order valence-corrected chi connectivity index (χ2v) is 6.62. The van der Waals surface area contributed by atoms with Crippen LogP contribution in [0.15, 0.2) is 30.3 Å². The van der Waals surface area contributed by atoms with Crippen LogP contribution >= 0.6 is 23.2 Å². The molecule has 1 atom stereocenters. The van der Waals surface area contributed by atoms with E-state index in [1.807, 2.05) is 30.3 Å². The molecule has 21 heavy (non-hydrogen) atoms. The molecule has 0 amide bonds. The smallest absolute Gasteiger partial charge is 0.315 e. The predicted octanol–water partition coefficient (Wildman–Crippen LogP) is 2.29. The van der Waals surface area contributed by atoms with E-state index in [-0.39, 0.29) is 6.61 Å². The number of nitrogens with zero attached hydrogens (tertiary/aromatic N) is 4. The Morgan fingerprint density at radius 1 is 1.38 bits per heavy atom. The van der Waals surface area contributed by atoms with Gasteiger partial charge in [0.05, 0.1) is 5.69 Å². The second-order valence-electron chi connectivity index (χ2n) is 5.13. The number of aromatic nitrogens is 4. The molecular formula is C13H12Cl2N4O2. The lowest BCUT2D eigenvalue weighted by Gasteiger charge is -2.11. The first-order chi connectivity index (χ1) is 9.94. The zero-order chi connectivity index (χ0) is 15.1. The maximum absolute atomic E-state index is 12.0. The van der Waals surface area contributed by atoms with Crippen LogP contribution in [-0.2, 0) is 16.1 Å². The highest BCUT2D eigenvalue weighted by molar-refractivity contribution is 6.53. The van der Waals surface area contributed by atoms with Gasteiger partial charge in [0.25, 0.3) is 0 Å². The lowest BCUT2D eigenvalue weighted by molar-refractivity contribution is -0.151. The number of ether oxygens (including phenoxy) is 1. The van der Waals surface area contributed by atoms with Crippen molar-refractivity contribution in [3.63, 3.8) is 0 Å². The van der Waals surface area contributed by atoms with E-state index in [2.05, 4.69) is 15.5 Å². The number of tetrazole rings is 1. The Balaban J connectivity index is 1.70. The highest BCUT2D eigenvalue weighted by Crippen LogP contribution is 2.64. The van der Waals surface area contributed by atoms with Crippen LogP contribution in [0, 0.1) is 5.41 Å². The van der Waals surface area contributed by atoms with Gasteiger partial charge in [0.1, 0.15) is 9.75 Å². The first-order valence-corrected chi connectivity index (χ1v) is 7.07. The standard InChI is InChI=1S/C13H12Cl2N4O2/c1-12(8-13(12,14)15)11(20)21-7-10-16-17-18-19(10)9-5-3-2-4-6-9/h2-6H,7-8H2,1H3/t12-/m0/s1. The van der Waals surface area contributed by atoms with Crippen LogP contribution in [0.1, 0.15) is 19.2 Å². The average molecular weight is 327 g/mol. The summed E-state index contributed by atoms with van der Waals surface area (Å²) in [6.07, 6.45) is 0.381. The van der Waals surface area contributed by atoms with Gasteiger partial charge in [-0.2, -0.15) is 4.68 Å². The molecule has 1 fully saturated rings. The number of carbonyl (C=O) groups is 1.